The molecule has 0 spiro atoms. The van der Waals surface area contributed by atoms with Crippen molar-refractivity contribution in [2.24, 2.45) is 0 Å². The zero-order chi connectivity index (χ0) is 14.4. The minimum atomic E-state index is 0.465. The zero-order valence-electron chi connectivity index (χ0n) is 12.2. The molecule has 0 N–H and O–H groups in total. The van der Waals surface area contributed by atoms with Crippen molar-refractivity contribution < 1.29 is 0 Å². The van der Waals surface area contributed by atoms with Gasteiger partial charge < -0.3 is 4.90 Å². The molecule has 0 saturated carbocycles. The monoisotopic (exact) mass is 279 g/mol. The number of hydrogen-bond donors (Lipinski definition) is 0. The van der Waals surface area contributed by atoms with E-state index in [2.05, 4.69) is 43.8 Å². The molecule has 3 nitrogen and oxygen atoms in total. The standard InChI is InChI=1S/C15H22ClN3/c1-5-19(12(2)10-18(3)4)11-14-7-6-13(9-17)8-15(14)16/h6-8,12H,5,10-11H2,1-4H3. The molecule has 1 rings (SSSR count). The van der Waals surface area contributed by atoms with Gasteiger partial charge in [0.05, 0.1) is 11.6 Å². The number of nitriles is 1. The average molecular weight is 280 g/mol. The van der Waals surface area contributed by atoms with E-state index in [0.717, 1.165) is 25.2 Å². The van der Waals surface area contributed by atoms with E-state index in [0.29, 0.717) is 16.6 Å². The Hall–Kier alpha value is -1.08. The highest BCUT2D eigenvalue weighted by molar-refractivity contribution is 6.31. The fourth-order valence-corrected chi connectivity index (χ4v) is 2.43. The van der Waals surface area contributed by atoms with Crippen LogP contribution in [0.15, 0.2) is 18.2 Å². The minimum absolute atomic E-state index is 0.465. The molecule has 0 radical (unpaired) electrons. The third-order valence-corrected chi connectivity index (χ3v) is 3.57. The van der Waals surface area contributed by atoms with Crippen LogP contribution >= 0.6 is 11.6 Å². The first-order valence-electron chi connectivity index (χ1n) is 6.55. The summed E-state index contributed by atoms with van der Waals surface area (Å²) in [5, 5.41) is 9.52. The maximum Gasteiger partial charge on any atom is 0.0992 e. The number of likely N-dealkylation sites (N-methyl/N-ethyl adjacent to an activating group) is 2. The highest BCUT2D eigenvalue weighted by atomic mass is 35.5. The number of benzene rings is 1. The van der Waals surface area contributed by atoms with Gasteiger partial charge in [-0.1, -0.05) is 24.6 Å². The Morgan fingerprint density at radius 2 is 2.05 bits per heavy atom. The van der Waals surface area contributed by atoms with Gasteiger partial charge in [-0.05, 0) is 45.3 Å². The number of halogens is 1. The summed E-state index contributed by atoms with van der Waals surface area (Å²) in [7, 11) is 4.16. The molecule has 0 aliphatic carbocycles. The molecule has 0 aromatic heterocycles. The van der Waals surface area contributed by atoms with Crippen LogP contribution in [0.4, 0.5) is 0 Å². The molecule has 1 aromatic rings. The quantitative estimate of drug-likeness (QED) is 0.802. The smallest absolute Gasteiger partial charge is 0.0992 e. The van der Waals surface area contributed by atoms with Crippen molar-refractivity contribution in [3.63, 3.8) is 0 Å². The largest absolute Gasteiger partial charge is 0.308 e. The van der Waals surface area contributed by atoms with Gasteiger partial charge in [0.25, 0.3) is 0 Å². The second-order valence-electron chi connectivity index (χ2n) is 5.09. The van der Waals surface area contributed by atoms with E-state index in [4.69, 9.17) is 16.9 Å². The normalized spacial score (nSPS) is 12.7. The highest BCUT2D eigenvalue weighted by Gasteiger charge is 2.14. The van der Waals surface area contributed by atoms with Crippen LogP contribution in [0.5, 0.6) is 0 Å². The Bertz CT molecular complexity index is 451. The lowest BCUT2D eigenvalue weighted by atomic mass is 10.1. The lowest BCUT2D eigenvalue weighted by molar-refractivity contribution is 0.174. The van der Waals surface area contributed by atoms with E-state index in [9.17, 15) is 0 Å². The van der Waals surface area contributed by atoms with E-state index < -0.39 is 0 Å². The summed E-state index contributed by atoms with van der Waals surface area (Å²) in [5.74, 6) is 0. The minimum Gasteiger partial charge on any atom is -0.308 e. The summed E-state index contributed by atoms with van der Waals surface area (Å²) in [4.78, 5) is 4.57. The van der Waals surface area contributed by atoms with E-state index in [1.807, 2.05) is 12.1 Å². The molecule has 19 heavy (non-hydrogen) atoms. The fraction of sp³-hybridized carbons (Fsp3) is 0.533. The molecule has 0 aliphatic rings. The molecule has 1 aromatic carbocycles. The van der Waals surface area contributed by atoms with Gasteiger partial charge in [0.1, 0.15) is 0 Å². The van der Waals surface area contributed by atoms with Gasteiger partial charge in [-0.15, -0.1) is 0 Å². The van der Waals surface area contributed by atoms with Gasteiger partial charge in [0, 0.05) is 24.2 Å². The Labute approximate surface area is 121 Å². The first kappa shape index (κ1) is 16.0. The Kier molecular flexibility index (Phi) is 6.30. The predicted molar refractivity (Wildman–Crippen MR) is 80.3 cm³/mol. The summed E-state index contributed by atoms with van der Waals surface area (Å²) in [6, 6.07) is 8.08. The van der Waals surface area contributed by atoms with Crippen molar-refractivity contribution >= 4 is 11.6 Å². The second kappa shape index (κ2) is 7.49. The fourth-order valence-electron chi connectivity index (χ4n) is 2.19. The maximum atomic E-state index is 8.84. The van der Waals surface area contributed by atoms with Crippen molar-refractivity contribution in [1.82, 2.24) is 9.80 Å². The molecular weight excluding hydrogens is 258 g/mol. The lowest BCUT2D eigenvalue weighted by Crippen LogP contribution is -2.39. The van der Waals surface area contributed by atoms with Crippen LogP contribution in [0.2, 0.25) is 5.02 Å². The summed E-state index contributed by atoms with van der Waals surface area (Å²) in [6.45, 7) is 7.19. The van der Waals surface area contributed by atoms with Crippen LogP contribution < -0.4 is 0 Å². The predicted octanol–water partition coefficient (Wildman–Crippen LogP) is 2.98. The molecule has 1 atom stereocenters. The van der Waals surface area contributed by atoms with Crippen LogP contribution in [0.1, 0.15) is 25.0 Å². The Morgan fingerprint density at radius 3 is 2.53 bits per heavy atom. The molecule has 0 heterocycles. The van der Waals surface area contributed by atoms with E-state index in [-0.39, 0.29) is 0 Å². The molecule has 0 saturated heterocycles. The van der Waals surface area contributed by atoms with E-state index in [1.165, 1.54) is 0 Å². The number of rotatable bonds is 6. The van der Waals surface area contributed by atoms with E-state index >= 15 is 0 Å². The molecule has 104 valence electrons. The van der Waals surface area contributed by atoms with Crippen LogP contribution in [0.3, 0.4) is 0 Å². The van der Waals surface area contributed by atoms with Gasteiger partial charge >= 0.3 is 0 Å². The lowest BCUT2D eigenvalue weighted by Gasteiger charge is -2.30. The first-order chi connectivity index (χ1) is 8.97. The van der Waals surface area contributed by atoms with Crippen molar-refractivity contribution in [3.8, 4) is 6.07 Å². The van der Waals surface area contributed by atoms with Crippen molar-refractivity contribution in [2.75, 3.05) is 27.2 Å². The third-order valence-electron chi connectivity index (χ3n) is 3.21. The highest BCUT2D eigenvalue weighted by Crippen LogP contribution is 2.20. The molecule has 4 heteroatoms. The van der Waals surface area contributed by atoms with Gasteiger partial charge in [-0.3, -0.25) is 4.90 Å². The summed E-state index contributed by atoms with van der Waals surface area (Å²) < 4.78 is 0. The van der Waals surface area contributed by atoms with Crippen LogP contribution in [0, 0.1) is 11.3 Å². The summed E-state index contributed by atoms with van der Waals surface area (Å²) >= 11 is 6.23. The van der Waals surface area contributed by atoms with Crippen LogP contribution in [-0.4, -0.2) is 43.0 Å². The van der Waals surface area contributed by atoms with Crippen molar-refractivity contribution in [3.05, 3.63) is 34.3 Å². The van der Waals surface area contributed by atoms with Gasteiger partial charge in [0.2, 0.25) is 0 Å². The molecular formula is C15H22ClN3. The molecule has 0 aliphatic heterocycles. The Balaban J connectivity index is 2.78. The van der Waals surface area contributed by atoms with Crippen molar-refractivity contribution in [2.45, 2.75) is 26.4 Å². The SMILES string of the molecule is CCN(Cc1ccc(C#N)cc1Cl)C(C)CN(C)C. The summed E-state index contributed by atoms with van der Waals surface area (Å²) in [5.41, 5.74) is 1.69. The van der Waals surface area contributed by atoms with Gasteiger partial charge in [-0.25, -0.2) is 0 Å². The Morgan fingerprint density at radius 1 is 1.37 bits per heavy atom. The van der Waals surface area contributed by atoms with Crippen LogP contribution in [0.25, 0.3) is 0 Å². The molecule has 0 amide bonds. The van der Waals surface area contributed by atoms with Gasteiger partial charge in [-0.2, -0.15) is 5.26 Å². The zero-order valence-corrected chi connectivity index (χ0v) is 12.9. The molecule has 0 fully saturated rings. The second-order valence-corrected chi connectivity index (χ2v) is 5.50. The number of nitrogens with zero attached hydrogens (tertiary/aromatic N) is 3. The topological polar surface area (TPSA) is 30.3 Å². The van der Waals surface area contributed by atoms with Gasteiger partial charge in [0.15, 0.2) is 0 Å². The van der Waals surface area contributed by atoms with Crippen LogP contribution in [-0.2, 0) is 6.54 Å². The van der Waals surface area contributed by atoms with E-state index in [1.54, 1.807) is 6.07 Å². The summed E-state index contributed by atoms with van der Waals surface area (Å²) in [6.07, 6.45) is 0. The number of hydrogen-bond acceptors (Lipinski definition) is 3. The molecule has 1 unspecified atom stereocenters. The van der Waals surface area contributed by atoms with Crippen molar-refractivity contribution in [1.29, 1.82) is 5.26 Å². The third kappa shape index (κ3) is 4.83. The maximum absolute atomic E-state index is 8.84. The average Bonchev–Trinajstić information content (AvgIpc) is 2.36. The first-order valence-corrected chi connectivity index (χ1v) is 6.93. The molecule has 0 bridgehead atoms.